The summed E-state index contributed by atoms with van der Waals surface area (Å²) in [5, 5.41) is 11.7. The van der Waals surface area contributed by atoms with Gasteiger partial charge in [-0.05, 0) is 49.9 Å². The highest BCUT2D eigenvalue weighted by Gasteiger charge is 2.21. The van der Waals surface area contributed by atoms with Crippen molar-refractivity contribution in [2.75, 3.05) is 18.0 Å². The second-order valence-corrected chi connectivity index (χ2v) is 7.72. The molecule has 4 rings (SSSR count). The van der Waals surface area contributed by atoms with E-state index in [-0.39, 0.29) is 16.2 Å². The molecule has 0 amide bonds. The number of nitrogens with zero attached hydrogens (tertiary/aromatic N) is 5. The van der Waals surface area contributed by atoms with E-state index in [0.717, 1.165) is 38.0 Å². The molecule has 1 aliphatic heterocycles. The quantitative estimate of drug-likeness (QED) is 0.353. The van der Waals surface area contributed by atoms with Gasteiger partial charge in [-0.2, -0.15) is 0 Å². The molecule has 1 aromatic heterocycles. The van der Waals surface area contributed by atoms with Crippen LogP contribution in [-0.2, 0) is 7.05 Å². The molecule has 2 heterocycles. The van der Waals surface area contributed by atoms with Crippen molar-refractivity contribution in [2.24, 2.45) is 12.0 Å². The highest BCUT2D eigenvalue weighted by molar-refractivity contribution is 5.85. The molecule has 0 atom stereocenters. The Morgan fingerprint density at radius 3 is 2.45 bits per heavy atom. The fourth-order valence-electron chi connectivity index (χ4n) is 4.01. The van der Waals surface area contributed by atoms with E-state index in [9.17, 15) is 14.9 Å². The maximum absolute atomic E-state index is 13.0. The van der Waals surface area contributed by atoms with Crippen molar-refractivity contribution in [3.8, 4) is 5.69 Å². The molecule has 8 heteroatoms. The van der Waals surface area contributed by atoms with Gasteiger partial charge in [-0.3, -0.25) is 19.6 Å². The van der Waals surface area contributed by atoms with Crippen LogP contribution in [0.4, 0.5) is 17.1 Å². The Kier molecular flexibility index (Phi) is 5.70. The maximum atomic E-state index is 13.0. The molecule has 1 saturated heterocycles. The fraction of sp³-hybridized carbons (Fsp3) is 0.304. The molecular weight excluding hydrogens is 394 g/mol. The minimum atomic E-state index is -0.350. The van der Waals surface area contributed by atoms with Gasteiger partial charge in [0, 0.05) is 32.4 Å². The molecule has 1 aliphatic rings. The van der Waals surface area contributed by atoms with Gasteiger partial charge in [0.05, 0.1) is 16.3 Å². The van der Waals surface area contributed by atoms with Crippen molar-refractivity contribution >= 4 is 23.3 Å². The Labute approximate surface area is 180 Å². The van der Waals surface area contributed by atoms with E-state index in [1.165, 1.54) is 12.3 Å². The summed E-state index contributed by atoms with van der Waals surface area (Å²) < 4.78 is 3.32. The van der Waals surface area contributed by atoms with E-state index in [4.69, 9.17) is 0 Å². The lowest BCUT2D eigenvalue weighted by Gasteiger charge is -2.28. The second kappa shape index (κ2) is 8.59. The average molecular weight is 419 g/mol. The highest BCUT2D eigenvalue weighted by atomic mass is 16.6. The van der Waals surface area contributed by atoms with Crippen LogP contribution in [0.15, 0.2) is 58.3 Å². The molecule has 3 aromatic rings. The average Bonchev–Trinajstić information content (AvgIpc) is 3.01. The number of hydrogen-bond acceptors (Lipinski definition) is 5. The number of piperidine rings is 1. The first kappa shape index (κ1) is 20.6. The zero-order chi connectivity index (χ0) is 22.0. The van der Waals surface area contributed by atoms with Gasteiger partial charge in [-0.1, -0.05) is 24.3 Å². The summed E-state index contributed by atoms with van der Waals surface area (Å²) in [4.78, 5) is 30.8. The minimum absolute atomic E-state index is 0.0670. The number of benzene rings is 2. The van der Waals surface area contributed by atoms with Gasteiger partial charge < -0.3 is 4.90 Å². The molecule has 8 nitrogen and oxygen atoms in total. The van der Waals surface area contributed by atoms with E-state index in [1.807, 2.05) is 43.3 Å². The van der Waals surface area contributed by atoms with Crippen LogP contribution in [0, 0.1) is 17.0 Å². The predicted octanol–water partition coefficient (Wildman–Crippen LogP) is 4.13. The molecule has 0 saturated carbocycles. The summed E-state index contributed by atoms with van der Waals surface area (Å²) in [7, 11) is 1.81. The maximum Gasteiger partial charge on any atom is 0.297 e. The fourth-order valence-corrected chi connectivity index (χ4v) is 4.01. The molecule has 0 radical (unpaired) electrons. The number of aromatic nitrogens is 2. The van der Waals surface area contributed by atoms with Crippen LogP contribution in [0.1, 0.15) is 30.5 Å². The number of hydrogen-bond donors (Lipinski definition) is 0. The van der Waals surface area contributed by atoms with Crippen molar-refractivity contribution in [3.63, 3.8) is 0 Å². The first-order valence-electron chi connectivity index (χ1n) is 10.4. The van der Waals surface area contributed by atoms with Gasteiger partial charge in [-0.15, -0.1) is 0 Å². The molecule has 1 fully saturated rings. The van der Waals surface area contributed by atoms with Crippen LogP contribution < -0.4 is 10.5 Å². The van der Waals surface area contributed by atoms with Crippen molar-refractivity contribution in [1.82, 2.24) is 9.36 Å². The number of aliphatic imine (C=N–C) groups is 1. The highest BCUT2D eigenvalue weighted by Crippen LogP contribution is 2.31. The summed E-state index contributed by atoms with van der Waals surface area (Å²) in [6.45, 7) is 3.49. The lowest BCUT2D eigenvalue weighted by molar-refractivity contribution is -0.384. The van der Waals surface area contributed by atoms with E-state index in [0.29, 0.717) is 22.6 Å². The van der Waals surface area contributed by atoms with Crippen molar-refractivity contribution in [3.05, 3.63) is 80.3 Å². The zero-order valence-corrected chi connectivity index (χ0v) is 17.7. The first-order chi connectivity index (χ1) is 15.0. The summed E-state index contributed by atoms with van der Waals surface area (Å²) in [6.07, 6.45) is 4.76. The summed E-state index contributed by atoms with van der Waals surface area (Å²) in [5.74, 6) is 0. The minimum Gasteiger partial charge on any atom is -0.366 e. The van der Waals surface area contributed by atoms with Crippen molar-refractivity contribution < 1.29 is 4.92 Å². The number of para-hydroxylation sites is 1. The van der Waals surface area contributed by atoms with Crippen molar-refractivity contribution in [1.29, 1.82) is 0 Å². The van der Waals surface area contributed by atoms with Crippen molar-refractivity contribution in [2.45, 2.75) is 26.2 Å². The van der Waals surface area contributed by atoms with Crippen LogP contribution in [-0.4, -0.2) is 33.6 Å². The topological polar surface area (TPSA) is 85.7 Å². The smallest absolute Gasteiger partial charge is 0.297 e. The number of nitro benzene ring substituents is 1. The largest absolute Gasteiger partial charge is 0.366 e. The SMILES string of the molecule is Cc1c(N=Cc2ccc(N3CCCCC3)c([N+](=O)[O-])c2)c(=O)n(-c2ccccc2)n1C. The van der Waals surface area contributed by atoms with Crippen LogP contribution >= 0.6 is 0 Å². The summed E-state index contributed by atoms with van der Waals surface area (Å²) in [5.41, 5.74) is 2.84. The number of anilines is 1. The Morgan fingerprint density at radius 2 is 1.77 bits per heavy atom. The van der Waals surface area contributed by atoms with Crippen LogP contribution in [0.25, 0.3) is 5.69 Å². The number of rotatable bonds is 5. The Hall–Kier alpha value is -3.68. The standard InChI is InChI=1S/C23H25N5O3/c1-17-22(23(29)27(25(17)2)19-9-5-3-6-10-19)24-16-18-11-12-20(21(15-18)28(30)31)26-13-7-4-8-14-26/h3,5-6,9-12,15-16H,4,7-8,13-14H2,1-2H3. The Balaban J connectivity index is 1.68. The second-order valence-electron chi connectivity index (χ2n) is 7.72. The lowest BCUT2D eigenvalue weighted by Crippen LogP contribution is -2.29. The zero-order valence-electron chi connectivity index (χ0n) is 17.7. The molecule has 0 aliphatic carbocycles. The summed E-state index contributed by atoms with van der Waals surface area (Å²) >= 11 is 0. The van der Waals surface area contributed by atoms with E-state index >= 15 is 0 Å². The van der Waals surface area contributed by atoms with Crippen LogP contribution in [0.2, 0.25) is 0 Å². The molecule has 0 unspecified atom stereocenters. The Morgan fingerprint density at radius 1 is 1.06 bits per heavy atom. The van der Waals surface area contributed by atoms with Gasteiger partial charge in [0.1, 0.15) is 5.69 Å². The van der Waals surface area contributed by atoms with Gasteiger partial charge in [0.2, 0.25) is 0 Å². The molecule has 160 valence electrons. The molecule has 0 bridgehead atoms. The normalized spacial score (nSPS) is 14.3. The van der Waals surface area contributed by atoms with Gasteiger partial charge >= 0.3 is 0 Å². The molecule has 0 spiro atoms. The third-order valence-electron chi connectivity index (χ3n) is 5.76. The molecule has 31 heavy (non-hydrogen) atoms. The van der Waals surface area contributed by atoms with Crippen LogP contribution in [0.5, 0.6) is 0 Å². The monoisotopic (exact) mass is 419 g/mol. The third-order valence-corrected chi connectivity index (χ3v) is 5.76. The molecular formula is C23H25N5O3. The predicted molar refractivity (Wildman–Crippen MR) is 122 cm³/mol. The number of nitro groups is 1. The summed E-state index contributed by atoms with van der Waals surface area (Å²) in [6, 6.07) is 14.5. The molecule has 2 aromatic carbocycles. The first-order valence-corrected chi connectivity index (χ1v) is 10.4. The van der Waals surface area contributed by atoms with Gasteiger partial charge in [-0.25, -0.2) is 9.67 Å². The van der Waals surface area contributed by atoms with Crippen LogP contribution in [0.3, 0.4) is 0 Å². The molecule has 0 N–H and O–H groups in total. The van der Waals surface area contributed by atoms with E-state index < -0.39 is 0 Å². The van der Waals surface area contributed by atoms with E-state index in [1.54, 1.807) is 22.5 Å². The lowest BCUT2D eigenvalue weighted by atomic mass is 10.1. The Bertz CT molecular complexity index is 1190. The van der Waals surface area contributed by atoms with Gasteiger partial charge in [0.25, 0.3) is 11.2 Å². The van der Waals surface area contributed by atoms with Gasteiger partial charge in [0.15, 0.2) is 5.69 Å². The van der Waals surface area contributed by atoms with E-state index in [2.05, 4.69) is 9.89 Å². The third kappa shape index (κ3) is 4.01.